The molecule has 5 heteroatoms. The van der Waals surface area contributed by atoms with Crippen LogP contribution in [0.25, 0.3) is 0 Å². The van der Waals surface area contributed by atoms with Gasteiger partial charge in [0.2, 0.25) is 0 Å². The minimum absolute atomic E-state index is 0.553. The zero-order valence-electron chi connectivity index (χ0n) is 12.0. The quantitative estimate of drug-likeness (QED) is 0.844. The van der Waals surface area contributed by atoms with Gasteiger partial charge in [-0.25, -0.2) is 4.98 Å². The van der Waals surface area contributed by atoms with Gasteiger partial charge in [-0.3, -0.25) is 9.80 Å². The summed E-state index contributed by atoms with van der Waals surface area (Å²) in [6.45, 7) is 9.16. The van der Waals surface area contributed by atoms with Crippen LogP contribution in [0.1, 0.15) is 18.5 Å². The number of nitrogens with zero attached hydrogens (tertiary/aromatic N) is 4. The van der Waals surface area contributed by atoms with E-state index in [4.69, 9.17) is 0 Å². The predicted molar refractivity (Wildman–Crippen MR) is 83.0 cm³/mol. The average Bonchev–Trinajstić information content (AvgIpc) is 3.18. The van der Waals surface area contributed by atoms with Gasteiger partial charge in [0.1, 0.15) is 0 Å². The van der Waals surface area contributed by atoms with Gasteiger partial charge >= 0.3 is 0 Å². The van der Waals surface area contributed by atoms with Crippen molar-refractivity contribution in [3.05, 3.63) is 41.1 Å². The van der Waals surface area contributed by atoms with Crippen LogP contribution >= 0.6 is 11.3 Å². The first kappa shape index (κ1) is 13.8. The Kier molecular flexibility index (Phi) is 4.50. The lowest BCUT2D eigenvalue weighted by molar-refractivity contribution is 0.100. The Labute approximate surface area is 124 Å². The van der Waals surface area contributed by atoms with Gasteiger partial charge in [0, 0.05) is 57.7 Å². The van der Waals surface area contributed by atoms with Crippen LogP contribution < -0.4 is 0 Å². The van der Waals surface area contributed by atoms with E-state index in [1.165, 1.54) is 31.7 Å². The second-order valence-corrected chi connectivity index (χ2v) is 6.19. The van der Waals surface area contributed by atoms with Crippen LogP contribution in [0.2, 0.25) is 0 Å². The Morgan fingerprint density at radius 2 is 2.10 bits per heavy atom. The van der Waals surface area contributed by atoms with Crippen LogP contribution in [-0.4, -0.2) is 52.1 Å². The van der Waals surface area contributed by atoms with Crippen molar-refractivity contribution in [2.75, 3.05) is 32.7 Å². The molecule has 1 fully saturated rings. The van der Waals surface area contributed by atoms with Gasteiger partial charge in [-0.1, -0.05) is 0 Å². The molecule has 1 aliphatic heterocycles. The van der Waals surface area contributed by atoms with Gasteiger partial charge < -0.3 is 4.57 Å². The van der Waals surface area contributed by atoms with Crippen LogP contribution in [0.5, 0.6) is 0 Å². The van der Waals surface area contributed by atoms with Gasteiger partial charge in [-0.05, 0) is 29.3 Å². The van der Waals surface area contributed by atoms with E-state index in [1.807, 2.05) is 18.7 Å². The molecular formula is C15H22N4S. The maximum atomic E-state index is 4.09. The van der Waals surface area contributed by atoms with Crippen molar-refractivity contribution < 1.29 is 0 Å². The summed E-state index contributed by atoms with van der Waals surface area (Å²) in [5.41, 5.74) is 1.46. The molecule has 108 valence electrons. The fourth-order valence-electron chi connectivity index (χ4n) is 2.77. The van der Waals surface area contributed by atoms with Crippen molar-refractivity contribution in [2.45, 2.75) is 19.5 Å². The topological polar surface area (TPSA) is 24.3 Å². The summed E-state index contributed by atoms with van der Waals surface area (Å²) in [7, 11) is 0. The van der Waals surface area contributed by atoms with Crippen molar-refractivity contribution in [3.8, 4) is 0 Å². The van der Waals surface area contributed by atoms with Crippen molar-refractivity contribution in [2.24, 2.45) is 0 Å². The highest BCUT2D eigenvalue weighted by molar-refractivity contribution is 7.07. The standard InChI is InChI=1S/C15H22N4S/c1-14(15-2-11-20-12-15)19-9-7-17(8-10-19)5-6-18-4-3-16-13-18/h2-4,11-14H,5-10H2,1H3/t14-/m0/s1. The van der Waals surface area contributed by atoms with Crippen LogP contribution in [0, 0.1) is 0 Å². The molecule has 0 unspecified atom stereocenters. The second-order valence-electron chi connectivity index (χ2n) is 5.41. The Morgan fingerprint density at radius 1 is 1.25 bits per heavy atom. The Hall–Kier alpha value is -1.17. The maximum absolute atomic E-state index is 4.09. The number of imidazole rings is 1. The van der Waals surface area contributed by atoms with Crippen LogP contribution in [0.3, 0.4) is 0 Å². The normalized spacial score (nSPS) is 19.2. The Balaban J connectivity index is 1.45. The summed E-state index contributed by atoms with van der Waals surface area (Å²) < 4.78 is 2.15. The first-order chi connectivity index (χ1) is 9.83. The fourth-order valence-corrected chi connectivity index (χ4v) is 3.52. The summed E-state index contributed by atoms with van der Waals surface area (Å²) in [5, 5.41) is 4.45. The first-order valence-corrected chi connectivity index (χ1v) is 8.21. The third-order valence-electron chi connectivity index (χ3n) is 4.21. The van der Waals surface area contributed by atoms with E-state index in [1.54, 1.807) is 11.3 Å². The number of hydrogen-bond donors (Lipinski definition) is 0. The summed E-state index contributed by atoms with van der Waals surface area (Å²) in [6.07, 6.45) is 5.78. The zero-order valence-corrected chi connectivity index (χ0v) is 12.8. The van der Waals surface area contributed by atoms with E-state index in [2.05, 4.69) is 43.1 Å². The summed E-state index contributed by atoms with van der Waals surface area (Å²) in [4.78, 5) is 9.23. The summed E-state index contributed by atoms with van der Waals surface area (Å²) >= 11 is 1.79. The van der Waals surface area contributed by atoms with Gasteiger partial charge in [0.05, 0.1) is 6.33 Å². The van der Waals surface area contributed by atoms with Gasteiger partial charge in [0.15, 0.2) is 0 Å². The largest absolute Gasteiger partial charge is 0.336 e. The number of hydrogen-bond acceptors (Lipinski definition) is 4. The molecule has 2 aromatic heterocycles. The molecule has 3 rings (SSSR count). The zero-order chi connectivity index (χ0) is 13.8. The molecule has 0 spiro atoms. The van der Waals surface area contributed by atoms with Gasteiger partial charge in [-0.15, -0.1) is 0 Å². The Bertz CT molecular complexity index is 486. The van der Waals surface area contributed by atoms with Crippen molar-refractivity contribution >= 4 is 11.3 Å². The lowest BCUT2D eigenvalue weighted by atomic mass is 10.1. The third kappa shape index (κ3) is 3.29. The molecule has 2 aromatic rings. The molecule has 1 aliphatic rings. The maximum Gasteiger partial charge on any atom is 0.0946 e. The number of aromatic nitrogens is 2. The van der Waals surface area contributed by atoms with Crippen molar-refractivity contribution in [1.29, 1.82) is 0 Å². The molecule has 0 N–H and O–H groups in total. The molecule has 0 amide bonds. The van der Waals surface area contributed by atoms with Crippen molar-refractivity contribution in [1.82, 2.24) is 19.4 Å². The van der Waals surface area contributed by atoms with E-state index in [0.29, 0.717) is 6.04 Å². The molecule has 20 heavy (non-hydrogen) atoms. The van der Waals surface area contributed by atoms with E-state index in [0.717, 1.165) is 13.1 Å². The minimum atomic E-state index is 0.553. The Morgan fingerprint density at radius 3 is 2.75 bits per heavy atom. The number of piperazine rings is 1. The highest BCUT2D eigenvalue weighted by atomic mass is 32.1. The molecule has 0 aliphatic carbocycles. The molecule has 0 bridgehead atoms. The van der Waals surface area contributed by atoms with Crippen LogP contribution in [-0.2, 0) is 6.54 Å². The smallest absolute Gasteiger partial charge is 0.0946 e. The third-order valence-corrected chi connectivity index (χ3v) is 4.92. The van der Waals surface area contributed by atoms with Gasteiger partial charge in [0.25, 0.3) is 0 Å². The molecule has 0 aromatic carbocycles. The fraction of sp³-hybridized carbons (Fsp3) is 0.533. The van der Waals surface area contributed by atoms with Gasteiger partial charge in [-0.2, -0.15) is 11.3 Å². The van der Waals surface area contributed by atoms with E-state index < -0.39 is 0 Å². The van der Waals surface area contributed by atoms with E-state index in [9.17, 15) is 0 Å². The molecular weight excluding hydrogens is 268 g/mol. The highest BCUT2D eigenvalue weighted by Crippen LogP contribution is 2.23. The lowest BCUT2D eigenvalue weighted by Gasteiger charge is -2.38. The highest BCUT2D eigenvalue weighted by Gasteiger charge is 2.21. The number of thiophene rings is 1. The number of rotatable bonds is 5. The SMILES string of the molecule is C[C@@H](c1ccsc1)N1CCN(CCn2ccnc2)CC1. The monoisotopic (exact) mass is 290 g/mol. The van der Waals surface area contributed by atoms with Crippen LogP contribution in [0.15, 0.2) is 35.5 Å². The first-order valence-electron chi connectivity index (χ1n) is 7.27. The average molecular weight is 290 g/mol. The molecule has 1 atom stereocenters. The predicted octanol–water partition coefficient (Wildman–Crippen LogP) is 2.32. The summed E-state index contributed by atoms with van der Waals surface area (Å²) in [6, 6.07) is 2.80. The van der Waals surface area contributed by atoms with E-state index in [-0.39, 0.29) is 0 Å². The summed E-state index contributed by atoms with van der Waals surface area (Å²) in [5.74, 6) is 0. The lowest BCUT2D eigenvalue weighted by Crippen LogP contribution is -2.47. The molecule has 3 heterocycles. The second kappa shape index (κ2) is 6.52. The molecule has 1 saturated heterocycles. The van der Waals surface area contributed by atoms with E-state index >= 15 is 0 Å². The molecule has 0 saturated carbocycles. The van der Waals surface area contributed by atoms with Crippen molar-refractivity contribution in [3.63, 3.8) is 0 Å². The molecule has 4 nitrogen and oxygen atoms in total. The molecule has 0 radical (unpaired) electrons. The minimum Gasteiger partial charge on any atom is -0.336 e. The van der Waals surface area contributed by atoms with Crippen LogP contribution in [0.4, 0.5) is 0 Å².